The van der Waals surface area contributed by atoms with E-state index in [1.807, 2.05) is 6.92 Å². The van der Waals surface area contributed by atoms with Crippen molar-refractivity contribution in [2.45, 2.75) is 6.92 Å². The molecule has 1 N–H and O–H groups in total. The molecule has 136 valence electrons. The van der Waals surface area contributed by atoms with E-state index in [9.17, 15) is 14.4 Å². The van der Waals surface area contributed by atoms with Crippen LogP contribution in [0.4, 0.5) is 10.5 Å². The quantitative estimate of drug-likeness (QED) is 0.503. The molecule has 0 saturated carbocycles. The fourth-order valence-electron chi connectivity index (χ4n) is 2.57. The van der Waals surface area contributed by atoms with Crippen LogP contribution in [0.2, 0.25) is 0 Å². The third-order valence-electron chi connectivity index (χ3n) is 3.95. The lowest BCUT2D eigenvalue weighted by Crippen LogP contribution is -2.54. The molecule has 1 aliphatic heterocycles. The van der Waals surface area contributed by atoms with Gasteiger partial charge in [-0.2, -0.15) is 0 Å². The summed E-state index contributed by atoms with van der Waals surface area (Å²) in [6.07, 6.45) is 3.08. The first-order valence-corrected chi connectivity index (χ1v) is 8.31. The Kier molecular flexibility index (Phi) is 5.17. The Morgan fingerprint density at radius 3 is 2.33 bits per heavy atom. The maximum absolute atomic E-state index is 12.8. The Balaban J connectivity index is 1.89. The number of hydrogen-bond acceptors (Lipinski definition) is 4. The predicted molar refractivity (Wildman–Crippen MR) is 102 cm³/mol. The standard InChI is InChI=1S/C21H18N2O4/c1-3-12-27-17-10-6-15(7-11-17)13-18-19(24)22-21(26)23(20(18)25)16-8-4-14(2)5-9-16/h3-11,13H,1,12H2,2H3,(H,22,24,26). The topological polar surface area (TPSA) is 75.7 Å². The number of nitrogens with one attached hydrogen (secondary N) is 1. The summed E-state index contributed by atoms with van der Waals surface area (Å²) in [6, 6.07) is 13.0. The van der Waals surface area contributed by atoms with Crippen molar-refractivity contribution in [3.63, 3.8) is 0 Å². The van der Waals surface area contributed by atoms with E-state index in [-0.39, 0.29) is 5.57 Å². The minimum Gasteiger partial charge on any atom is -0.490 e. The van der Waals surface area contributed by atoms with E-state index in [0.717, 1.165) is 10.5 Å². The maximum Gasteiger partial charge on any atom is 0.335 e. The number of nitrogens with zero attached hydrogens (tertiary/aromatic N) is 1. The summed E-state index contributed by atoms with van der Waals surface area (Å²) in [5.74, 6) is -0.743. The molecule has 2 aromatic carbocycles. The van der Waals surface area contributed by atoms with E-state index in [1.54, 1.807) is 54.6 Å². The zero-order chi connectivity index (χ0) is 19.4. The first kappa shape index (κ1) is 18.1. The molecular formula is C21H18N2O4. The van der Waals surface area contributed by atoms with Gasteiger partial charge in [0.1, 0.15) is 17.9 Å². The van der Waals surface area contributed by atoms with Crippen molar-refractivity contribution < 1.29 is 19.1 Å². The number of anilines is 1. The zero-order valence-electron chi connectivity index (χ0n) is 14.8. The van der Waals surface area contributed by atoms with Gasteiger partial charge in [0.15, 0.2) is 0 Å². The summed E-state index contributed by atoms with van der Waals surface area (Å²) in [7, 11) is 0. The van der Waals surface area contributed by atoms with Crippen LogP contribution in [0.5, 0.6) is 5.75 Å². The maximum atomic E-state index is 12.8. The molecule has 1 heterocycles. The van der Waals surface area contributed by atoms with Crippen molar-refractivity contribution in [3.05, 3.63) is 77.9 Å². The molecule has 27 heavy (non-hydrogen) atoms. The number of benzene rings is 2. The number of amides is 4. The number of barbiturate groups is 1. The highest BCUT2D eigenvalue weighted by Gasteiger charge is 2.36. The number of carbonyl (C=O) groups excluding carboxylic acids is 3. The van der Waals surface area contributed by atoms with Gasteiger partial charge in [-0.3, -0.25) is 14.9 Å². The van der Waals surface area contributed by atoms with Gasteiger partial charge in [-0.05, 0) is 42.8 Å². The summed E-state index contributed by atoms with van der Waals surface area (Å²) in [5, 5.41) is 2.21. The van der Waals surface area contributed by atoms with Crippen LogP contribution in [0.15, 0.2) is 66.8 Å². The van der Waals surface area contributed by atoms with E-state index in [1.165, 1.54) is 6.08 Å². The average Bonchev–Trinajstić information content (AvgIpc) is 2.66. The van der Waals surface area contributed by atoms with Gasteiger partial charge in [0.25, 0.3) is 11.8 Å². The Bertz CT molecular complexity index is 928. The van der Waals surface area contributed by atoms with Crippen LogP contribution in [0, 0.1) is 6.92 Å². The Morgan fingerprint density at radius 2 is 1.70 bits per heavy atom. The number of imide groups is 2. The molecule has 0 spiro atoms. The molecule has 0 bridgehead atoms. The van der Waals surface area contributed by atoms with Crippen molar-refractivity contribution in [3.8, 4) is 5.75 Å². The van der Waals surface area contributed by atoms with E-state index < -0.39 is 17.8 Å². The van der Waals surface area contributed by atoms with Crippen LogP contribution in [-0.4, -0.2) is 24.5 Å². The van der Waals surface area contributed by atoms with E-state index in [2.05, 4.69) is 11.9 Å². The fourth-order valence-corrected chi connectivity index (χ4v) is 2.57. The number of ether oxygens (including phenoxy) is 1. The Hall–Kier alpha value is -3.67. The second-order valence-corrected chi connectivity index (χ2v) is 5.96. The van der Waals surface area contributed by atoms with Crippen LogP contribution < -0.4 is 15.0 Å². The molecule has 2 aromatic rings. The van der Waals surface area contributed by atoms with E-state index in [0.29, 0.717) is 23.6 Å². The minimum absolute atomic E-state index is 0.116. The molecule has 6 heteroatoms. The molecular weight excluding hydrogens is 344 g/mol. The first-order chi connectivity index (χ1) is 13.0. The van der Waals surface area contributed by atoms with E-state index >= 15 is 0 Å². The van der Waals surface area contributed by atoms with Gasteiger partial charge in [-0.1, -0.05) is 42.5 Å². The summed E-state index contributed by atoms with van der Waals surface area (Å²) in [6.45, 7) is 5.87. The van der Waals surface area contributed by atoms with Crippen LogP contribution >= 0.6 is 0 Å². The molecule has 0 aromatic heterocycles. The van der Waals surface area contributed by atoms with Crippen LogP contribution in [0.1, 0.15) is 11.1 Å². The summed E-state index contributed by atoms with van der Waals surface area (Å²) >= 11 is 0. The van der Waals surface area contributed by atoms with Gasteiger partial charge in [-0.15, -0.1) is 0 Å². The lowest BCUT2D eigenvalue weighted by Gasteiger charge is -2.26. The second kappa shape index (κ2) is 7.70. The number of aryl methyl sites for hydroxylation is 1. The molecule has 1 fully saturated rings. The average molecular weight is 362 g/mol. The van der Waals surface area contributed by atoms with Crippen molar-refractivity contribution in [1.82, 2.24) is 5.32 Å². The van der Waals surface area contributed by atoms with Crippen LogP contribution in [0.25, 0.3) is 6.08 Å². The largest absolute Gasteiger partial charge is 0.490 e. The Labute approximate surface area is 156 Å². The number of rotatable bonds is 5. The van der Waals surface area contributed by atoms with Crippen LogP contribution in [0.3, 0.4) is 0 Å². The fraction of sp³-hybridized carbons (Fsp3) is 0.0952. The number of urea groups is 1. The molecule has 0 radical (unpaired) electrons. The second-order valence-electron chi connectivity index (χ2n) is 5.96. The van der Waals surface area contributed by atoms with Gasteiger partial charge < -0.3 is 4.74 Å². The van der Waals surface area contributed by atoms with Gasteiger partial charge in [0.2, 0.25) is 0 Å². The molecule has 0 atom stereocenters. The lowest BCUT2D eigenvalue weighted by atomic mass is 10.1. The molecule has 4 amide bonds. The van der Waals surface area contributed by atoms with Crippen molar-refractivity contribution >= 4 is 29.6 Å². The van der Waals surface area contributed by atoms with Gasteiger partial charge >= 0.3 is 6.03 Å². The predicted octanol–water partition coefficient (Wildman–Crippen LogP) is 3.23. The highest BCUT2D eigenvalue weighted by Crippen LogP contribution is 2.23. The smallest absolute Gasteiger partial charge is 0.335 e. The highest BCUT2D eigenvalue weighted by molar-refractivity contribution is 6.39. The lowest BCUT2D eigenvalue weighted by molar-refractivity contribution is -0.122. The van der Waals surface area contributed by atoms with E-state index in [4.69, 9.17) is 4.74 Å². The van der Waals surface area contributed by atoms with Crippen molar-refractivity contribution in [2.24, 2.45) is 0 Å². The number of hydrogen-bond donors (Lipinski definition) is 1. The third kappa shape index (κ3) is 3.95. The van der Waals surface area contributed by atoms with Gasteiger partial charge in [0, 0.05) is 0 Å². The first-order valence-electron chi connectivity index (χ1n) is 8.31. The Morgan fingerprint density at radius 1 is 1.04 bits per heavy atom. The molecule has 0 aliphatic carbocycles. The number of carbonyl (C=O) groups is 3. The normalized spacial score (nSPS) is 15.7. The van der Waals surface area contributed by atoms with Crippen molar-refractivity contribution in [1.29, 1.82) is 0 Å². The van der Waals surface area contributed by atoms with Gasteiger partial charge in [0.05, 0.1) is 5.69 Å². The summed E-state index contributed by atoms with van der Waals surface area (Å²) in [4.78, 5) is 38.1. The summed E-state index contributed by atoms with van der Waals surface area (Å²) in [5.41, 5.74) is 1.91. The molecule has 1 aliphatic rings. The SMILES string of the molecule is C=CCOc1ccc(C=C2C(=O)NC(=O)N(c3ccc(C)cc3)C2=O)cc1. The van der Waals surface area contributed by atoms with Gasteiger partial charge in [-0.25, -0.2) is 9.69 Å². The molecule has 6 nitrogen and oxygen atoms in total. The third-order valence-corrected chi connectivity index (χ3v) is 3.95. The monoisotopic (exact) mass is 362 g/mol. The molecule has 3 rings (SSSR count). The van der Waals surface area contributed by atoms with Crippen LogP contribution in [-0.2, 0) is 9.59 Å². The minimum atomic E-state index is -0.765. The molecule has 1 saturated heterocycles. The highest BCUT2D eigenvalue weighted by atomic mass is 16.5. The summed E-state index contributed by atoms with van der Waals surface area (Å²) < 4.78 is 5.40. The molecule has 0 unspecified atom stereocenters. The van der Waals surface area contributed by atoms with Crippen molar-refractivity contribution in [2.75, 3.05) is 11.5 Å². The zero-order valence-corrected chi connectivity index (χ0v) is 14.8.